The lowest BCUT2D eigenvalue weighted by atomic mass is 9.97. The molecule has 1 amide bonds. The highest BCUT2D eigenvalue weighted by atomic mass is 32.2. The summed E-state index contributed by atoms with van der Waals surface area (Å²) in [5.74, 6) is -8.53. The number of thioether (sulfide) groups is 1. The molecule has 0 aliphatic carbocycles. The van der Waals surface area contributed by atoms with Crippen molar-refractivity contribution in [2.75, 3.05) is 33.2 Å². The van der Waals surface area contributed by atoms with Crippen LogP contribution in [0.15, 0.2) is 100 Å². The Morgan fingerprint density at radius 2 is 1.72 bits per heavy atom. The maximum Gasteiger partial charge on any atom is 0.416 e. The monoisotopic (exact) mass is 779 g/mol. The fourth-order valence-electron chi connectivity index (χ4n) is 4.21. The molecule has 5 aromatic rings. The number of rotatable bonds is 12. The first kappa shape index (κ1) is 15.7. The highest BCUT2D eigenvalue weighted by Gasteiger charge is 2.31. The average Bonchev–Trinajstić information content (AvgIpc) is 0.803. The molecule has 6 nitrogen and oxygen atoms in total. The van der Waals surface area contributed by atoms with Gasteiger partial charge < -0.3 is 19.1 Å². The van der Waals surface area contributed by atoms with E-state index >= 15 is 9.18 Å². The molecule has 0 N–H and O–H groups in total. The Kier molecular flexibility index (Phi) is 4.93. The summed E-state index contributed by atoms with van der Waals surface area (Å²) >= 11 is -0.273. The summed E-state index contributed by atoms with van der Waals surface area (Å²) in [5.41, 5.74) is -12.4. The number of aromatic nitrogens is 1. The van der Waals surface area contributed by atoms with Gasteiger partial charge in [0, 0.05) is 72.9 Å². The standard InChI is InChI=1S/C41H40F5N3O3S/c1-27-22-29(28-12-14-32(15-13-28)41(44,45)46)10-11-30(27)24-48(33-16-18-47(19-17-33)20-21-52-2)38(51)25-49-36-9-4-3-7-34(36)37(50)23-39(49)53-26-31-6-5-8-35(42)40(31)43/h3-15,22-23,33H,16-21,24-26H2,1-2H3/i3D,4D,5D,6D,7D,8D,9D,10D,11D,12D,13D,14D,15D,16D2,17D2,18D2,19D2,21D2,22D,23D,24D2,25D2,33D. The van der Waals surface area contributed by atoms with Crippen molar-refractivity contribution in [2.45, 2.75) is 55.6 Å². The molecule has 1 saturated heterocycles. The van der Waals surface area contributed by atoms with E-state index in [0.717, 1.165) is 0 Å². The van der Waals surface area contributed by atoms with Crippen LogP contribution < -0.4 is 5.43 Å². The highest BCUT2D eigenvalue weighted by Crippen LogP contribution is 2.32. The van der Waals surface area contributed by atoms with E-state index in [0.29, 0.717) is 14.0 Å². The van der Waals surface area contributed by atoms with Gasteiger partial charge >= 0.3 is 6.18 Å². The predicted molar refractivity (Wildman–Crippen MR) is 198 cm³/mol. The van der Waals surface area contributed by atoms with Gasteiger partial charge in [0.25, 0.3) is 0 Å². The lowest BCUT2D eigenvalue weighted by Crippen LogP contribution is -2.48. The second-order valence-corrected chi connectivity index (χ2v) is 11.2. The van der Waals surface area contributed by atoms with Crippen molar-refractivity contribution in [1.29, 1.82) is 0 Å². The number of fused-ring (bicyclic) bond motifs is 1. The molecule has 53 heavy (non-hydrogen) atoms. The number of para-hydroxylation sites is 1. The summed E-state index contributed by atoms with van der Waals surface area (Å²) in [6, 6.07) is -28.4. The molecule has 0 bridgehead atoms. The molecule has 1 aromatic heterocycles. The fraction of sp³-hybridized carbons (Fsp3) is 0.317. The molecule has 12 heteroatoms. The third-order valence-corrected chi connectivity index (χ3v) is 7.73. The number of pyridine rings is 1. The summed E-state index contributed by atoms with van der Waals surface area (Å²) in [7, 11) is 0.638. The second-order valence-electron chi connectivity index (χ2n) is 10.2. The Morgan fingerprint density at radius 3 is 2.43 bits per heavy atom. The van der Waals surface area contributed by atoms with Gasteiger partial charge in [-0.05, 0) is 72.1 Å². The van der Waals surface area contributed by atoms with Crippen LogP contribution in [0.1, 0.15) is 76.1 Å². The Hall–Kier alpha value is -4.52. The van der Waals surface area contributed by atoms with Crippen LogP contribution in [0, 0.1) is 18.6 Å². The van der Waals surface area contributed by atoms with E-state index < -0.39 is 243 Å². The van der Waals surface area contributed by atoms with Crippen LogP contribution in [0.25, 0.3) is 22.0 Å². The Labute approximate surface area is 351 Å². The van der Waals surface area contributed by atoms with Crippen molar-refractivity contribution in [3.05, 3.63) is 135 Å². The molecular formula is C41H40F5N3O3S. The Morgan fingerprint density at radius 1 is 1.00 bits per heavy atom. The van der Waals surface area contributed by atoms with Crippen LogP contribution in [0.2, 0.25) is 0 Å². The van der Waals surface area contributed by atoms with Gasteiger partial charge in [0.05, 0.1) is 52.8 Å². The van der Waals surface area contributed by atoms with E-state index in [1.807, 2.05) is 0 Å². The van der Waals surface area contributed by atoms with Gasteiger partial charge in [-0.15, -0.1) is 11.8 Å². The molecule has 4 aromatic carbocycles. The summed E-state index contributed by atoms with van der Waals surface area (Å²) in [6.45, 7) is -23.3. The number of methoxy groups -OCH3 is 1. The first-order valence-corrected chi connectivity index (χ1v) is 15.5. The molecule has 0 spiro atoms. The Bertz CT molecular complexity index is 3560. The van der Waals surface area contributed by atoms with Crippen LogP contribution in [-0.2, 0) is 34.5 Å². The molecule has 6 rings (SSSR count). The minimum absolute atomic E-state index is 0.273. The van der Waals surface area contributed by atoms with E-state index in [1.165, 1.54) is 0 Å². The first-order valence-electron chi connectivity index (χ1n) is 29.5. The van der Waals surface area contributed by atoms with Gasteiger partial charge in [-0.2, -0.15) is 13.2 Å². The number of amides is 1. The topological polar surface area (TPSA) is 54.8 Å². The van der Waals surface area contributed by atoms with Crippen molar-refractivity contribution in [3.8, 4) is 11.1 Å². The van der Waals surface area contributed by atoms with E-state index in [-0.39, 0.29) is 16.3 Å². The highest BCUT2D eigenvalue weighted by molar-refractivity contribution is 7.98. The number of carbonyl (C=O) groups excluding carboxylic acids is 1. The number of piperidine rings is 1. The molecule has 1 aliphatic rings. The van der Waals surface area contributed by atoms with E-state index in [9.17, 15) is 34.7 Å². The normalized spacial score (nSPS) is 27.5. The maximum absolute atomic E-state index is 16.1. The van der Waals surface area contributed by atoms with Crippen LogP contribution >= 0.6 is 11.8 Å². The zero-order valence-corrected chi connectivity index (χ0v) is 27.6. The zero-order valence-electron chi connectivity index (χ0n) is 56.8. The van der Waals surface area contributed by atoms with Crippen molar-refractivity contribution in [2.24, 2.45) is 0 Å². The van der Waals surface area contributed by atoms with Crippen molar-refractivity contribution >= 4 is 28.6 Å². The summed E-state index contributed by atoms with van der Waals surface area (Å²) in [5, 5.41) is -2.91. The Balaban J connectivity index is 1.85. The van der Waals surface area contributed by atoms with Gasteiger partial charge in [-0.1, -0.05) is 54.4 Å². The average molecular weight is 780 g/mol. The minimum Gasteiger partial charge on any atom is -0.383 e. The number of benzene rings is 4. The van der Waals surface area contributed by atoms with E-state index in [4.69, 9.17) is 28.8 Å². The molecule has 1 fully saturated rings. The number of hydrogen-bond donors (Lipinski definition) is 0. The van der Waals surface area contributed by atoms with Crippen LogP contribution in [-0.4, -0.2) is 59.5 Å². The summed E-state index contributed by atoms with van der Waals surface area (Å²) in [4.78, 5) is 28.4. The number of likely N-dealkylation sites (tertiary alicyclic amines) is 1. The number of halogens is 5. The number of carbonyl (C=O) groups is 1. The van der Waals surface area contributed by atoms with E-state index in [2.05, 4.69) is 4.74 Å². The van der Waals surface area contributed by atoms with Gasteiger partial charge in [0.2, 0.25) is 5.91 Å². The summed E-state index contributed by atoms with van der Waals surface area (Å²) < 4.78 is 342. The molecule has 1 aliphatic heterocycles. The van der Waals surface area contributed by atoms with Gasteiger partial charge in [0.1, 0.15) is 6.50 Å². The number of alkyl halides is 3. The molecule has 2 heterocycles. The third kappa shape index (κ3) is 9.00. The number of ether oxygens (including phenoxy) is 1. The zero-order chi connectivity index (χ0) is 64.2. The molecule has 0 radical (unpaired) electrons. The van der Waals surface area contributed by atoms with Crippen molar-refractivity contribution in [1.82, 2.24) is 14.4 Å². The van der Waals surface area contributed by atoms with E-state index in [1.54, 1.807) is 0 Å². The quantitative estimate of drug-likeness (QED) is 0.0938. The van der Waals surface area contributed by atoms with Crippen LogP contribution in [0.4, 0.5) is 22.0 Å². The fourth-order valence-corrected chi connectivity index (χ4v) is 5.12. The SMILES string of the molecule is [2H]c1c([2H])c(F)c(F)c(CSc2c([2H])c(=O)c3c([2H])c([2H])c([2H])c([2H])c3n2C([2H])([2H])C(=O)N(C([2H])([2H])c2c([2H])c([2H])c(-c3c([2H])c([2H])c(C(F)(F)F)c([2H])c3[2H])c([2H])c2C)C2([2H])C([2H])([2H])C([2H])([2H])N(CC([2H])([2H])OC)C([2H])([2H])C2([2H])[2H])c1[2H]. The predicted octanol–water partition coefficient (Wildman–Crippen LogP) is 8.71. The third-order valence-electron chi connectivity index (χ3n) is 6.74. The lowest BCUT2D eigenvalue weighted by Gasteiger charge is -2.39. The lowest BCUT2D eigenvalue weighted by molar-refractivity contribution is -0.137. The molecule has 0 atom stereocenters. The largest absolute Gasteiger partial charge is 0.416 e. The maximum atomic E-state index is 16.1. The van der Waals surface area contributed by atoms with Crippen LogP contribution in [0.3, 0.4) is 0 Å². The van der Waals surface area contributed by atoms with Gasteiger partial charge in [-0.25, -0.2) is 8.78 Å². The number of nitrogens with zero attached hydrogens (tertiary/aromatic N) is 3. The molecule has 0 saturated carbocycles. The smallest absolute Gasteiger partial charge is 0.383 e. The van der Waals surface area contributed by atoms with Crippen molar-refractivity contribution in [3.63, 3.8) is 0 Å². The number of hydrogen-bond acceptors (Lipinski definition) is 5. The molecular weight excluding hydrogens is 710 g/mol. The second kappa shape index (κ2) is 16.7. The minimum atomic E-state index is -5.57. The van der Waals surface area contributed by atoms with Gasteiger partial charge in [-0.3, -0.25) is 9.59 Å². The van der Waals surface area contributed by atoms with Crippen LogP contribution in [0.5, 0.6) is 0 Å². The summed E-state index contributed by atoms with van der Waals surface area (Å²) in [6.07, 6.45) is -15.4. The van der Waals surface area contributed by atoms with Gasteiger partial charge in [0.15, 0.2) is 17.1 Å². The molecule has 0 unspecified atom stereocenters. The first-order chi connectivity index (χ1) is 37.3. The molecule has 278 valence electrons. The van der Waals surface area contributed by atoms with Crippen molar-refractivity contribution < 1.29 is 72.6 Å².